The molecule has 7 nitrogen and oxygen atoms in total. The maximum atomic E-state index is 12.3. The van der Waals surface area contributed by atoms with Gasteiger partial charge in [-0.15, -0.1) is 0 Å². The number of piperidine rings is 2. The quantitative estimate of drug-likeness (QED) is 0.696. The molecule has 2 saturated heterocycles. The Morgan fingerprint density at radius 3 is 1.87 bits per heavy atom. The van der Waals surface area contributed by atoms with Crippen LogP contribution in [0.2, 0.25) is 0 Å². The van der Waals surface area contributed by atoms with Gasteiger partial charge in [-0.1, -0.05) is 0 Å². The van der Waals surface area contributed by atoms with E-state index in [0.29, 0.717) is 16.7 Å². The van der Waals surface area contributed by atoms with E-state index in [9.17, 15) is 13.2 Å². The first-order valence-electron chi connectivity index (χ1n) is 11.2. The number of nitrogens with zero attached hydrogens (tertiary/aromatic N) is 3. The monoisotopic (exact) mass is 451 g/mol. The third-order valence-electron chi connectivity index (χ3n) is 6.38. The Morgan fingerprint density at radius 2 is 1.42 bits per heavy atom. The van der Waals surface area contributed by atoms with Crippen molar-refractivity contribution in [2.24, 2.45) is 11.8 Å². The van der Waals surface area contributed by atoms with E-state index in [-0.39, 0.29) is 6.09 Å². The maximum Gasteiger partial charge on any atom is 0.410 e. The smallest absolute Gasteiger partial charge is 0.410 e. The number of carbonyl (C=O) groups is 1. The zero-order valence-corrected chi connectivity index (χ0v) is 20.3. The summed E-state index contributed by atoms with van der Waals surface area (Å²) in [6.07, 6.45) is 4.16. The molecule has 3 rings (SSSR count). The van der Waals surface area contributed by atoms with E-state index >= 15 is 0 Å². The Bertz CT molecular complexity index is 846. The molecule has 0 spiro atoms. The predicted molar refractivity (Wildman–Crippen MR) is 123 cm³/mol. The molecule has 8 heteroatoms. The van der Waals surface area contributed by atoms with Crippen molar-refractivity contribution in [1.82, 2.24) is 9.21 Å². The number of benzene rings is 1. The van der Waals surface area contributed by atoms with Crippen molar-refractivity contribution >= 4 is 21.8 Å². The van der Waals surface area contributed by atoms with Gasteiger partial charge in [0.2, 0.25) is 10.0 Å². The SMILES string of the molecule is CN(C)S(=O)(=O)c1ccc(N2CCC(C3CCN(C(=O)OC(C)(C)C)CC3)CC2)cc1. The van der Waals surface area contributed by atoms with Gasteiger partial charge in [0.05, 0.1) is 4.90 Å². The van der Waals surface area contributed by atoms with Gasteiger partial charge < -0.3 is 14.5 Å². The molecule has 31 heavy (non-hydrogen) atoms. The van der Waals surface area contributed by atoms with Crippen LogP contribution in [0.1, 0.15) is 46.5 Å². The summed E-state index contributed by atoms with van der Waals surface area (Å²) >= 11 is 0. The Balaban J connectivity index is 1.49. The Hall–Kier alpha value is -1.80. The van der Waals surface area contributed by atoms with E-state index in [2.05, 4.69) is 4.90 Å². The lowest BCUT2D eigenvalue weighted by molar-refractivity contribution is 0.0152. The average molecular weight is 452 g/mol. The van der Waals surface area contributed by atoms with Crippen LogP contribution in [0, 0.1) is 11.8 Å². The molecule has 0 aromatic heterocycles. The van der Waals surface area contributed by atoms with Crippen LogP contribution in [0.15, 0.2) is 29.2 Å². The van der Waals surface area contributed by atoms with Crippen molar-refractivity contribution in [3.63, 3.8) is 0 Å². The van der Waals surface area contributed by atoms with Gasteiger partial charge in [-0.3, -0.25) is 0 Å². The summed E-state index contributed by atoms with van der Waals surface area (Å²) in [5.41, 5.74) is 0.631. The van der Waals surface area contributed by atoms with Gasteiger partial charge >= 0.3 is 6.09 Å². The molecule has 0 aliphatic carbocycles. The van der Waals surface area contributed by atoms with Crippen molar-refractivity contribution in [3.8, 4) is 0 Å². The van der Waals surface area contributed by atoms with Crippen LogP contribution in [-0.2, 0) is 14.8 Å². The lowest BCUT2D eigenvalue weighted by Crippen LogP contribution is -2.44. The zero-order valence-electron chi connectivity index (χ0n) is 19.5. The lowest BCUT2D eigenvalue weighted by atomic mass is 9.79. The number of amides is 1. The minimum absolute atomic E-state index is 0.194. The van der Waals surface area contributed by atoms with Crippen molar-refractivity contribution in [2.75, 3.05) is 45.2 Å². The van der Waals surface area contributed by atoms with Crippen LogP contribution in [0.5, 0.6) is 0 Å². The summed E-state index contributed by atoms with van der Waals surface area (Å²) in [7, 11) is -0.295. The van der Waals surface area contributed by atoms with Crippen LogP contribution in [0.4, 0.5) is 10.5 Å². The predicted octanol–water partition coefficient (Wildman–Crippen LogP) is 3.80. The van der Waals surface area contributed by atoms with Crippen LogP contribution in [0.3, 0.4) is 0 Å². The number of carbonyl (C=O) groups excluding carboxylic acids is 1. The Labute approximate surface area is 187 Å². The highest BCUT2D eigenvalue weighted by molar-refractivity contribution is 7.89. The summed E-state index contributed by atoms with van der Waals surface area (Å²) < 4.78 is 31.2. The second kappa shape index (κ2) is 9.36. The first-order chi connectivity index (χ1) is 14.5. The van der Waals surface area contributed by atoms with Gasteiger partial charge in [0, 0.05) is 46.0 Å². The van der Waals surface area contributed by atoms with Gasteiger partial charge in [-0.2, -0.15) is 0 Å². The van der Waals surface area contributed by atoms with Gasteiger partial charge in [0.1, 0.15) is 5.60 Å². The molecule has 0 N–H and O–H groups in total. The van der Waals surface area contributed by atoms with Crippen LogP contribution >= 0.6 is 0 Å². The van der Waals surface area contributed by atoms with E-state index in [0.717, 1.165) is 57.5 Å². The number of anilines is 1. The topological polar surface area (TPSA) is 70.2 Å². The fourth-order valence-electron chi connectivity index (χ4n) is 4.55. The molecule has 0 bridgehead atoms. The first-order valence-corrected chi connectivity index (χ1v) is 12.7. The number of likely N-dealkylation sites (tertiary alicyclic amines) is 1. The highest BCUT2D eigenvalue weighted by atomic mass is 32.2. The van der Waals surface area contributed by atoms with Gasteiger partial charge in [0.25, 0.3) is 0 Å². The highest BCUT2D eigenvalue weighted by Crippen LogP contribution is 2.34. The summed E-state index contributed by atoms with van der Waals surface area (Å²) in [5.74, 6) is 1.35. The van der Waals surface area contributed by atoms with Crippen LogP contribution in [-0.4, -0.2) is 69.6 Å². The molecule has 0 unspecified atom stereocenters. The molecular formula is C23H37N3O4S. The van der Waals surface area contributed by atoms with E-state index in [1.807, 2.05) is 37.8 Å². The summed E-state index contributed by atoms with van der Waals surface area (Å²) in [4.78, 5) is 16.8. The zero-order chi connectivity index (χ0) is 22.8. The molecule has 0 saturated carbocycles. The third kappa shape index (κ3) is 5.92. The van der Waals surface area contributed by atoms with Crippen LogP contribution < -0.4 is 4.90 Å². The second-order valence-electron chi connectivity index (χ2n) is 9.91. The van der Waals surface area contributed by atoms with Crippen molar-refractivity contribution in [2.45, 2.75) is 57.0 Å². The average Bonchev–Trinajstić information content (AvgIpc) is 2.73. The summed E-state index contributed by atoms with van der Waals surface area (Å²) in [6.45, 7) is 9.23. The second-order valence-corrected chi connectivity index (χ2v) is 12.1. The molecule has 1 aromatic carbocycles. The number of hydrogen-bond acceptors (Lipinski definition) is 5. The van der Waals surface area contributed by atoms with E-state index < -0.39 is 15.6 Å². The minimum atomic E-state index is -3.39. The van der Waals surface area contributed by atoms with Crippen molar-refractivity contribution in [1.29, 1.82) is 0 Å². The molecule has 2 aliphatic rings. The fourth-order valence-corrected chi connectivity index (χ4v) is 5.45. The normalized spacial score (nSPS) is 19.7. The standard InChI is InChI=1S/C23H37N3O4S/c1-23(2,3)30-22(27)26-16-12-19(13-17-26)18-10-14-25(15-11-18)20-6-8-21(9-7-20)31(28,29)24(4)5/h6-9,18-19H,10-17H2,1-5H3. The van der Waals surface area contributed by atoms with Gasteiger partial charge in [-0.25, -0.2) is 17.5 Å². The molecule has 2 fully saturated rings. The van der Waals surface area contributed by atoms with Crippen molar-refractivity contribution < 1.29 is 17.9 Å². The van der Waals surface area contributed by atoms with Gasteiger partial charge in [-0.05, 0) is 82.6 Å². The molecule has 0 radical (unpaired) electrons. The summed E-state index contributed by atoms with van der Waals surface area (Å²) in [6, 6.07) is 7.22. The van der Waals surface area contributed by atoms with E-state index in [1.165, 1.54) is 4.31 Å². The third-order valence-corrected chi connectivity index (χ3v) is 8.21. The minimum Gasteiger partial charge on any atom is -0.444 e. The number of hydrogen-bond donors (Lipinski definition) is 0. The Kier molecular flexibility index (Phi) is 7.21. The Morgan fingerprint density at radius 1 is 0.935 bits per heavy atom. The fraction of sp³-hybridized carbons (Fsp3) is 0.696. The van der Waals surface area contributed by atoms with Gasteiger partial charge in [0.15, 0.2) is 0 Å². The van der Waals surface area contributed by atoms with E-state index in [1.54, 1.807) is 26.2 Å². The molecule has 2 heterocycles. The lowest BCUT2D eigenvalue weighted by Gasteiger charge is -2.41. The van der Waals surface area contributed by atoms with Crippen LogP contribution in [0.25, 0.3) is 0 Å². The molecule has 174 valence electrons. The number of sulfonamides is 1. The van der Waals surface area contributed by atoms with E-state index in [4.69, 9.17) is 4.74 Å². The first kappa shape index (κ1) is 23.9. The molecule has 0 atom stereocenters. The summed E-state index contributed by atoms with van der Waals surface area (Å²) in [5, 5.41) is 0. The maximum absolute atomic E-state index is 12.3. The molecule has 1 amide bonds. The molecule has 2 aliphatic heterocycles. The molecule has 1 aromatic rings. The number of rotatable bonds is 4. The highest BCUT2D eigenvalue weighted by Gasteiger charge is 2.32. The van der Waals surface area contributed by atoms with Crippen molar-refractivity contribution in [3.05, 3.63) is 24.3 Å². The molecular weight excluding hydrogens is 414 g/mol. The number of ether oxygens (including phenoxy) is 1. The largest absolute Gasteiger partial charge is 0.444 e.